The number of nitrogens with zero attached hydrogens (tertiary/aromatic N) is 3. The van der Waals surface area contributed by atoms with Crippen molar-refractivity contribution in [2.75, 3.05) is 0 Å². The lowest BCUT2D eigenvalue weighted by molar-refractivity contribution is -0.385. The first-order valence-electron chi connectivity index (χ1n) is 8.23. The van der Waals surface area contributed by atoms with Crippen molar-refractivity contribution >= 4 is 17.3 Å². The Labute approximate surface area is 159 Å². The average Bonchev–Trinajstić information content (AvgIpc) is 3.20. The number of benzene rings is 2. The largest absolute Gasteiger partial charge is 0.467 e. The molecule has 3 rings (SSSR count). The molecule has 0 bridgehead atoms. The zero-order valence-corrected chi connectivity index (χ0v) is 14.6. The van der Waals surface area contributed by atoms with Crippen molar-refractivity contribution < 1.29 is 19.1 Å². The van der Waals surface area contributed by atoms with Gasteiger partial charge in [0.25, 0.3) is 17.3 Å². The van der Waals surface area contributed by atoms with E-state index in [-0.39, 0.29) is 30.0 Å². The van der Waals surface area contributed by atoms with E-state index < -0.39 is 15.8 Å². The monoisotopic (exact) mass is 381 g/mol. The van der Waals surface area contributed by atoms with E-state index in [1.165, 1.54) is 47.6 Å². The number of carbonyl (C=O) groups excluding carboxylic acids is 1. The smallest absolute Gasteiger partial charge is 0.270 e. The summed E-state index contributed by atoms with van der Waals surface area (Å²) in [4.78, 5) is 35.2. The number of nitro benzene ring substituents is 2. The van der Waals surface area contributed by atoms with E-state index in [2.05, 4.69) is 0 Å². The molecule has 0 spiro atoms. The fraction of sp³-hybridized carbons (Fsp3) is 0.105. The number of rotatable bonds is 7. The van der Waals surface area contributed by atoms with Gasteiger partial charge in [0.05, 0.1) is 22.7 Å². The maximum atomic E-state index is 13.0. The summed E-state index contributed by atoms with van der Waals surface area (Å²) >= 11 is 0. The quantitative estimate of drug-likeness (QED) is 0.451. The van der Waals surface area contributed by atoms with Gasteiger partial charge < -0.3 is 9.32 Å². The first kappa shape index (κ1) is 18.8. The molecule has 3 aromatic rings. The van der Waals surface area contributed by atoms with Gasteiger partial charge in [0, 0.05) is 36.4 Å². The van der Waals surface area contributed by atoms with Crippen LogP contribution < -0.4 is 0 Å². The SMILES string of the molecule is O=C(c1cccc([N+](=O)[O-])c1)N(Cc1ccc([N+](=O)[O-])cc1)Cc1ccco1. The van der Waals surface area contributed by atoms with Crippen molar-refractivity contribution in [2.45, 2.75) is 13.1 Å². The predicted molar refractivity (Wildman–Crippen MR) is 98.5 cm³/mol. The van der Waals surface area contributed by atoms with Crippen molar-refractivity contribution in [2.24, 2.45) is 0 Å². The molecular formula is C19H15N3O6. The number of hydrogen-bond donors (Lipinski definition) is 0. The van der Waals surface area contributed by atoms with E-state index in [0.717, 1.165) is 0 Å². The second-order valence-corrected chi connectivity index (χ2v) is 5.97. The zero-order valence-electron chi connectivity index (χ0n) is 14.6. The maximum Gasteiger partial charge on any atom is 0.270 e. The molecule has 0 fully saturated rings. The summed E-state index contributed by atoms with van der Waals surface area (Å²) in [5.41, 5.74) is 0.615. The molecular weight excluding hydrogens is 366 g/mol. The summed E-state index contributed by atoms with van der Waals surface area (Å²) in [5.74, 6) is 0.124. The molecule has 0 radical (unpaired) electrons. The van der Waals surface area contributed by atoms with E-state index in [1.54, 1.807) is 24.3 Å². The highest BCUT2D eigenvalue weighted by molar-refractivity contribution is 5.94. The molecule has 0 atom stereocenters. The molecule has 0 saturated heterocycles. The van der Waals surface area contributed by atoms with Crippen LogP contribution >= 0.6 is 0 Å². The highest BCUT2D eigenvalue weighted by Gasteiger charge is 2.20. The Morgan fingerprint density at radius 1 is 0.893 bits per heavy atom. The highest BCUT2D eigenvalue weighted by Crippen LogP contribution is 2.19. The summed E-state index contributed by atoms with van der Waals surface area (Å²) < 4.78 is 5.31. The third-order valence-corrected chi connectivity index (χ3v) is 4.04. The Hall–Kier alpha value is -4.01. The normalized spacial score (nSPS) is 10.4. The molecule has 9 nitrogen and oxygen atoms in total. The molecule has 28 heavy (non-hydrogen) atoms. The summed E-state index contributed by atoms with van der Waals surface area (Å²) in [7, 11) is 0. The lowest BCUT2D eigenvalue weighted by atomic mass is 10.1. The van der Waals surface area contributed by atoms with E-state index in [9.17, 15) is 25.0 Å². The summed E-state index contributed by atoms with van der Waals surface area (Å²) in [6.45, 7) is 0.297. The van der Waals surface area contributed by atoms with E-state index in [0.29, 0.717) is 11.3 Å². The standard InChI is InChI=1S/C19H15N3O6/c23-19(15-3-1-4-17(11-15)22(26)27)20(13-18-5-2-10-28-18)12-14-6-8-16(9-7-14)21(24)25/h1-11H,12-13H2. The molecule has 0 saturated carbocycles. The Balaban J connectivity index is 1.87. The van der Waals surface area contributed by atoms with Crippen LogP contribution in [0.15, 0.2) is 71.3 Å². The van der Waals surface area contributed by atoms with Crippen LogP contribution in [-0.4, -0.2) is 20.7 Å². The Bertz CT molecular complexity index is 999. The third-order valence-electron chi connectivity index (χ3n) is 4.04. The van der Waals surface area contributed by atoms with E-state index >= 15 is 0 Å². The van der Waals surface area contributed by atoms with Crippen LogP contribution in [0.2, 0.25) is 0 Å². The zero-order chi connectivity index (χ0) is 20.1. The van der Waals surface area contributed by atoms with Gasteiger partial charge in [-0.3, -0.25) is 25.0 Å². The Morgan fingerprint density at radius 3 is 2.21 bits per heavy atom. The number of hydrogen-bond acceptors (Lipinski definition) is 6. The fourth-order valence-corrected chi connectivity index (χ4v) is 2.67. The van der Waals surface area contributed by atoms with Crippen molar-refractivity contribution in [3.8, 4) is 0 Å². The van der Waals surface area contributed by atoms with Gasteiger partial charge in [-0.05, 0) is 23.8 Å². The molecule has 1 heterocycles. The summed E-state index contributed by atoms with van der Waals surface area (Å²) in [5, 5.41) is 21.8. The summed E-state index contributed by atoms with van der Waals surface area (Å²) in [6.07, 6.45) is 1.48. The molecule has 2 aromatic carbocycles. The molecule has 9 heteroatoms. The molecule has 1 amide bonds. The van der Waals surface area contributed by atoms with Gasteiger partial charge in [-0.25, -0.2) is 0 Å². The number of furan rings is 1. The first-order chi connectivity index (χ1) is 13.4. The lowest BCUT2D eigenvalue weighted by Crippen LogP contribution is -2.30. The van der Waals surface area contributed by atoms with Gasteiger partial charge in [-0.1, -0.05) is 18.2 Å². The number of carbonyl (C=O) groups is 1. The molecule has 0 aliphatic rings. The van der Waals surface area contributed by atoms with Crippen molar-refractivity contribution in [1.82, 2.24) is 4.90 Å². The molecule has 0 aliphatic heterocycles. The van der Waals surface area contributed by atoms with Crippen LogP contribution in [0.1, 0.15) is 21.7 Å². The molecule has 0 unspecified atom stereocenters. The Kier molecular flexibility index (Phi) is 5.45. The number of non-ortho nitro benzene ring substituents is 2. The second-order valence-electron chi connectivity index (χ2n) is 5.97. The van der Waals surface area contributed by atoms with E-state index in [4.69, 9.17) is 4.42 Å². The topological polar surface area (TPSA) is 120 Å². The van der Waals surface area contributed by atoms with Crippen molar-refractivity contribution in [3.63, 3.8) is 0 Å². The van der Waals surface area contributed by atoms with Crippen LogP contribution in [0.5, 0.6) is 0 Å². The third kappa shape index (κ3) is 4.39. The van der Waals surface area contributed by atoms with Crippen LogP contribution in [0.25, 0.3) is 0 Å². The lowest BCUT2D eigenvalue weighted by Gasteiger charge is -2.22. The van der Waals surface area contributed by atoms with Gasteiger partial charge in [0.15, 0.2) is 0 Å². The minimum Gasteiger partial charge on any atom is -0.467 e. The van der Waals surface area contributed by atoms with Gasteiger partial charge in [0.2, 0.25) is 0 Å². The van der Waals surface area contributed by atoms with Gasteiger partial charge in [0.1, 0.15) is 5.76 Å². The summed E-state index contributed by atoms with van der Waals surface area (Å²) in [6, 6.07) is 14.7. The predicted octanol–water partition coefficient (Wildman–Crippen LogP) is 3.94. The molecule has 0 N–H and O–H groups in total. The molecule has 0 aliphatic carbocycles. The van der Waals surface area contributed by atoms with Crippen LogP contribution in [0, 0.1) is 20.2 Å². The number of nitro groups is 2. The Morgan fingerprint density at radius 2 is 1.61 bits per heavy atom. The minimum atomic E-state index is -0.565. The average molecular weight is 381 g/mol. The first-order valence-corrected chi connectivity index (χ1v) is 8.23. The van der Waals surface area contributed by atoms with Crippen LogP contribution in [0.4, 0.5) is 11.4 Å². The van der Waals surface area contributed by atoms with Crippen molar-refractivity contribution in [1.29, 1.82) is 0 Å². The minimum absolute atomic E-state index is 0.0497. The number of amides is 1. The van der Waals surface area contributed by atoms with Gasteiger partial charge in [-0.15, -0.1) is 0 Å². The van der Waals surface area contributed by atoms with Crippen molar-refractivity contribution in [3.05, 3.63) is 104 Å². The van der Waals surface area contributed by atoms with E-state index in [1.807, 2.05) is 0 Å². The van der Waals surface area contributed by atoms with Gasteiger partial charge in [-0.2, -0.15) is 0 Å². The maximum absolute atomic E-state index is 13.0. The second kappa shape index (κ2) is 8.12. The van der Waals surface area contributed by atoms with Crippen LogP contribution in [0.3, 0.4) is 0 Å². The fourth-order valence-electron chi connectivity index (χ4n) is 2.67. The molecule has 1 aromatic heterocycles. The highest BCUT2D eigenvalue weighted by atomic mass is 16.6. The van der Waals surface area contributed by atoms with Crippen LogP contribution in [-0.2, 0) is 13.1 Å². The van der Waals surface area contributed by atoms with Gasteiger partial charge >= 0.3 is 0 Å². The molecule has 142 valence electrons.